The summed E-state index contributed by atoms with van der Waals surface area (Å²) in [4.78, 5) is 18.9. The molecule has 1 aliphatic rings. The van der Waals surface area contributed by atoms with E-state index in [0.29, 0.717) is 17.4 Å². The zero-order chi connectivity index (χ0) is 17.9. The molecule has 1 aromatic carbocycles. The summed E-state index contributed by atoms with van der Waals surface area (Å²) in [7, 11) is 0. The maximum absolute atomic E-state index is 12.6. The van der Waals surface area contributed by atoms with Crippen molar-refractivity contribution >= 4 is 16.8 Å². The number of hydrogen-bond donors (Lipinski definition) is 0. The van der Waals surface area contributed by atoms with Crippen LogP contribution in [0.4, 0.5) is 0 Å². The fourth-order valence-corrected chi connectivity index (χ4v) is 3.79. The topological polar surface area (TPSA) is 59.2 Å². The molecule has 0 aliphatic carbocycles. The van der Waals surface area contributed by atoms with Gasteiger partial charge in [0.25, 0.3) is 5.91 Å². The number of amides is 1. The van der Waals surface area contributed by atoms with E-state index in [0.717, 1.165) is 44.3 Å². The number of likely N-dealkylation sites (tertiary alicyclic amines) is 1. The number of nitrogens with zero attached hydrogens (tertiary/aromatic N) is 3. The van der Waals surface area contributed by atoms with E-state index in [1.807, 2.05) is 17.2 Å². The van der Waals surface area contributed by atoms with Crippen LogP contribution in [0.3, 0.4) is 0 Å². The normalized spacial score (nSPS) is 18.0. The lowest BCUT2D eigenvalue weighted by atomic mass is 9.92. The first-order chi connectivity index (χ1) is 12.7. The average Bonchev–Trinajstić information content (AvgIpc) is 2.96. The van der Waals surface area contributed by atoms with Crippen molar-refractivity contribution in [1.82, 2.24) is 15.0 Å². The van der Waals surface area contributed by atoms with Crippen LogP contribution in [0.5, 0.6) is 0 Å². The molecule has 1 atom stereocenters. The van der Waals surface area contributed by atoms with Gasteiger partial charge in [0.15, 0.2) is 5.69 Å². The SMILES string of the molecule is Cc1cc(C(=O)N2CCCC(Cc3ccc4ncccc4c3)CC2)no1. The summed E-state index contributed by atoms with van der Waals surface area (Å²) in [6, 6.07) is 12.3. The van der Waals surface area contributed by atoms with Crippen LogP contribution in [-0.4, -0.2) is 34.0 Å². The van der Waals surface area contributed by atoms with Crippen LogP contribution < -0.4 is 0 Å². The molecule has 1 amide bonds. The Labute approximate surface area is 153 Å². The first-order valence-electron chi connectivity index (χ1n) is 9.25. The standard InChI is InChI=1S/C21H23N3O2/c1-15-12-20(23-26-15)21(25)24-10-3-4-16(8-11-24)13-17-6-7-19-18(14-17)5-2-9-22-19/h2,5-7,9,12,14,16H,3-4,8,10-11,13H2,1H3. The summed E-state index contributed by atoms with van der Waals surface area (Å²) in [6.07, 6.45) is 6.08. The number of fused-ring (bicyclic) bond motifs is 1. The molecule has 3 heterocycles. The smallest absolute Gasteiger partial charge is 0.276 e. The van der Waals surface area contributed by atoms with Gasteiger partial charge < -0.3 is 9.42 Å². The molecule has 134 valence electrons. The third-order valence-electron chi connectivity index (χ3n) is 5.17. The quantitative estimate of drug-likeness (QED) is 0.717. The van der Waals surface area contributed by atoms with Crippen LogP contribution in [0.25, 0.3) is 10.9 Å². The molecule has 2 aromatic heterocycles. The van der Waals surface area contributed by atoms with Crippen LogP contribution in [-0.2, 0) is 6.42 Å². The second kappa shape index (κ2) is 7.28. The van der Waals surface area contributed by atoms with Gasteiger partial charge in [0, 0.05) is 30.7 Å². The monoisotopic (exact) mass is 349 g/mol. The lowest BCUT2D eigenvalue weighted by Crippen LogP contribution is -2.32. The Bertz CT molecular complexity index is 918. The molecule has 26 heavy (non-hydrogen) atoms. The van der Waals surface area contributed by atoms with E-state index in [9.17, 15) is 4.79 Å². The minimum Gasteiger partial charge on any atom is -0.361 e. The molecule has 0 radical (unpaired) electrons. The number of rotatable bonds is 3. The Kier molecular flexibility index (Phi) is 4.69. The molecule has 3 aromatic rings. The van der Waals surface area contributed by atoms with Crippen LogP contribution in [0.2, 0.25) is 0 Å². The highest BCUT2D eigenvalue weighted by Crippen LogP contribution is 2.24. The van der Waals surface area contributed by atoms with Crippen molar-refractivity contribution in [3.63, 3.8) is 0 Å². The lowest BCUT2D eigenvalue weighted by Gasteiger charge is -2.19. The number of benzene rings is 1. The van der Waals surface area contributed by atoms with Gasteiger partial charge in [-0.3, -0.25) is 9.78 Å². The molecule has 1 unspecified atom stereocenters. The molecule has 0 spiro atoms. The van der Waals surface area contributed by atoms with Crippen LogP contribution >= 0.6 is 0 Å². The third-order valence-corrected chi connectivity index (χ3v) is 5.17. The zero-order valence-electron chi connectivity index (χ0n) is 15.0. The van der Waals surface area contributed by atoms with E-state index in [2.05, 4.69) is 34.4 Å². The maximum atomic E-state index is 12.6. The Hall–Kier alpha value is -2.69. The van der Waals surface area contributed by atoms with Crippen molar-refractivity contribution in [3.05, 3.63) is 59.6 Å². The number of pyridine rings is 1. The van der Waals surface area contributed by atoms with Gasteiger partial charge in [-0.2, -0.15) is 0 Å². The maximum Gasteiger partial charge on any atom is 0.276 e. The lowest BCUT2D eigenvalue weighted by molar-refractivity contribution is 0.0749. The summed E-state index contributed by atoms with van der Waals surface area (Å²) in [5.74, 6) is 1.26. The van der Waals surface area contributed by atoms with E-state index < -0.39 is 0 Å². The van der Waals surface area contributed by atoms with Crippen molar-refractivity contribution in [1.29, 1.82) is 0 Å². The number of aromatic nitrogens is 2. The Morgan fingerprint density at radius 1 is 1.23 bits per heavy atom. The highest BCUT2D eigenvalue weighted by atomic mass is 16.5. The van der Waals surface area contributed by atoms with Crippen LogP contribution in [0, 0.1) is 12.8 Å². The Balaban J connectivity index is 1.40. The first-order valence-corrected chi connectivity index (χ1v) is 9.25. The summed E-state index contributed by atoms with van der Waals surface area (Å²) < 4.78 is 5.04. The highest BCUT2D eigenvalue weighted by molar-refractivity contribution is 5.92. The predicted molar refractivity (Wildman–Crippen MR) is 99.9 cm³/mol. The first kappa shape index (κ1) is 16.8. The molecular weight excluding hydrogens is 326 g/mol. The minimum atomic E-state index is -0.0146. The molecule has 0 bridgehead atoms. The fraction of sp³-hybridized carbons (Fsp3) is 0.381. The average molecular weight is 349 g/mol. The predicted octanol–water partition coefficient (Wildman–Crippen LogP) is 4.02. The van der Waals surface area contributed by atoms with E-state index in [1.54, 1.807) is 13.0 Å². The molecule has 4 rings (SSSR count). The number of aryl methyl sites for hydroxylation is 1. The third kappa shape index (κ3) is 3.62. The summed E-state index contributed by atoms with van der Waals surface area (Å²) in [5, 5.41) is 5.06. The van der Waals surface area contributed by atoms with Gasteiger partial charge in [-0.15, -0.1) is 0 Å². The zero-order valence-corrected chi connectivity index (χ0v) is 15.0. The molecule has 0 saturated carbocycles. The Morgan fingerprint density at radius 2 is 2.15 bits per heavy atom. The second-order valence-corrected chi connectivity index (χ2v) is 7.15. The summed E-state index contributed by atoms with van der Waals surface area (Å²) in [6.45, 7) is 3.38. The van der Waals surface area contributed by atoms with E-state index in [1.165, 1.54) is 10.9 Å². The van der Waals surface area contributed by atoms with Gasteiger partial charge in [-0.1, -0.05) is 17.3 Å². The fourth-order valence-electron chi connectivity index (χ4n) is 3.79. The van der Waals surface area contributed by atoms with Crippen molar-refractivity contribution in [3.8, 4) is 0 Å². The van der Waals surface area contributed by atoms with Crippen molar-refractivity contribution in [2.45, 2.75) is 32.6 Å². The van der Waals surface area contributed by atoms with Crippen molar-refractivity contribution < 1.29 is 9.32 Å². The van der Waals surface area contributed by atoms with E-state index in [4.69, 9.17) is 4.52 Å². The molecule has 1 fully saturated rings. The molecule has 5 nitrogen and oxygen atoms in total. The van der Waals surface area contributed by atoms with Gasteiger partial charge in [-0.05, 0) is 62.3 Å². The Morgan fingerprint density at radius 3 is 3.00 bits per heavy atom. The van der Waals surface area contributed by atoms with Gasteiger partial charge in [0.1, 0.15) is 5.76 Å². The van der Waals surface area contributed by atoms with Gasteiger partial charge in [0.05, 0.1) is 5.52 Å². The van der Waals surface area contributed by atoms with E-state index in [-0.39, 0.29) is 5.91 Å². The van der Waals surface area contributed by atoms with Crippen molar-refractivity contribution in [2.24, 2.45) is 5.92 Å². The van der Waals surface area contributed by atoms with Gasteiger partial charge >= 0.3 is 0 Å². The number of carbonyl (C=O) groups excluding carboxylic acids is 1. The largest absolute Gasteiger partial charge is 0.361 e. The van der Waals surface area contributed by atoms with Gasteiger partial charge in [0.2, 0.25) is 0 Å². The van der Waals surface area contributed by atoms with Gasteiger partial charge in [-0.25, -0.2) is 0 Å². The summed E-state index contributed by atoms with van der Waals surface area (Å²) in [5.41, 5.74) is 2.81. The second-order valence-electron chi connectivity index (χ2n) is 7.15. The molecule has 1 aliphatic heterocycles. The van der Waals surface area contributed by atoms with Crippen LogP contribution in [0.1, 0.15) is 41.1 Å². The van der Waals surface area contributed by atoms with E-state index >= 15 is 0 Å². The van der Waals surface area contributed by atoms with Crippen molar-refractivity contribution in [2.75, 3.05) is 13.1 Å². The van der Waals surface area contributed by atoms with Crippen LogP contribution in [0.15, 0.2) is 47.1 Å². The number of hydrogen-bond acceptors (Lipinski definition) is 4. The highest BCUT2D eigenvalue weighted by Gasteiger charge is 2.23. The minimum absolute atomic E-state index is 0.0146. The molecule has 0 N–H and O–H groups in total. The molecule has 5 heteroatoms. The molecule has 1 saturated heterocycles. The number of carbonyl (C=O) groups is 1. The summed E-state index contributed by atoms with van der Waals surface area (Å²) >= 11 is 0. The molecular formula is C21H23N3O2.